The number of carbonyl (C=O) groups excluding carboxylic acids is 2. The van der Waals surface area contributed by atoms with Crippen molar-refractivity contribution in [3.8, 4) is 5.75 Å². The van der Waals surface area contributed by atoms with Crippen molar-refractivity contribution in [2.75, 3.05) is 37.7 Å². The molecule has 0 radical (unpaired) electrons. The maximum Gasteiger partial charge on any atom is 0.410 e. The third kappa shape index (κ3) is 6.15. The third-order valence-electron chi connectivity index (χ3n) is 4.76. The van der Waals surface area contributed by atoms with E-state index in [4.69, 9.17) is 14.2 Å². The molecule has 32 heavy (non-hydrogen) atoms. The fourth-order valence-corrected chi connectivity index (χ4v) is 3.63. The van der Waals surface area contributed by atoms with Gasteiger partial charge in [-0.25, -0.2) is 9.59 Å². The lowest BCUT2D eigenvalue weighted by atomic mass is 10.2. The number of ether oxygens (including phenoxy) is 3. The van der Waals surface area contributed by atoms with Crippen LogP contribution >= 0.6 is 15.9 Å². The Morgan fingerprint density at radius 3 is 2.38 bits per heavy atom. The van der Waals surface area contributed by atoms with Crippen molar-refractivity contribution in [3.05, 3.63) is 40.1 Å². The minimum absolute atomic E-state index is 0.200. The minimum Gasteiger partial charge on any atom is -0.487 e. The molecule has 0 saturated carbocycles. The Labute approximate surface area is 196 Å². The Morgan fingerprint density at radius 2 is 1.78 bits per heavy atom. The molecule has 3 rings (SSSR count). The Kier molecular flexibility index (Phi) is 7.65. The predicted octanol–water partition coefficient (Wildman–Crippen LogP) is 3.99. The molecule has 1 fully saturated rings. The number of esters is 1. The monoisotopic (exact) mass is 508 g/mol. The summed E-state index contributed by atoms with van der Waals surface area (Å²) in [6, 6.07) is 7.77. The molecule has 174 valence electrons. The zero-order chi connectivity index (χ0) is 23.3. The highest BCUT2D eigenvalue weighted by atomic mass is 79.9. The van der Waals surface area contributed by atoms with Gasteiger partial charge in [0.05, 0.1) is 16.8 Å². The van der Waals surface area contributed by atoms with Gasteiger partial charge in [-0.2, -0.15) is 5.10 Å². The summed E-state index contributed by atoms with van der Waals surface area (Å²) < 4.78 is 16.8. The molecule has 0 atom stereocenters. The van der Waals surface area contributed by atoms with E-state index in [2.05, 4.69) is 31.0 Å². The van der Waals surface area contributed by atoms with Gasteiger partial charge in [-0.3, -0.25) is 5.10 Å². The number of nitrogens with one attached hydrogen (secondary N) is 1. The second-order valence-electron chi connectivity index (χ2n) is 8.32. The lowest BCUT2D eigenvalue weighted by molar-refractivity contribution is 0.0240. The Hall–Kier alpha value is -2.75. The second-order valence-corrected chi connectivity index (χ2v) is 9.12. The molecule has 1 amide bonds. The van der Waals surface area contributed by atoms with Crippen molar-refractivity contribution in [3.63, 3.8) is 0 Å². The number of halogens is 1. The third-order valence-corrected chi connectivity index (χ3v) is 5.61. The minimum atomic E-state index is -0.490. The van der Waals surface area contributed by atoms with Gasteiger partial charge >= 0.3 is 12.1 Å². The highest BCUT2D eigenvalue weighted by Crippen LogP contribution is 2.24. The lowest BCUT2D eigenvalue weighted by Gasteiger charge is -2.36. The number of H-pyrrole nitrogens is 1. The normalized spacial score (nSPS) is 14.3. The van der Waals surface area contributed by atoms with E-state index in [1.807, 2.05) is 45.0 Å². The second kappa shape index (κ2) is 10.2. The Bertz CT molecular complexity index is 931. The summed E-state index contributed by atoms with van der Waals surface area (Å²) in [5.41, 5.74) is 1.42. The van der Waals surface area contributed by atoms with Crippen molar-refractivity contribution >= 4 is 33.7 Å². The fraction of sp³-hybridized carbons (Fsp3) is 0.500. The molecule has 0 bridgehead atoms. The standard InChI is InChI=1S/C22H29BrN4O5/c1-5-30-20(28)19-18(23)17(24-25-19)14-31-16-8-6-15(7-9-16)26-10-12-27(13-11-26)21(29)32-22(2,3)4/h6-9H,5,10-14H2,1-4H3,(H,24,25). The van der Waals surface area contributed by atoms with Gasteiger partial charge in [-0.1, -0.05) is 0 Å². The summed E-state index contributed by atoms with van der Waals surface area (Å²) >= 11 is 3.37. The highest BCUT2D eigenvalue weighted by Gasteiger charge is 2.26. The molecule has 0 spiro atoms. The summed E-state index contributed by atoms with van der Waals surface area (Å²) in [4.78, 5) is 28.0. The predicted molar refractivity (Wildman–Crippen MR) is 123 cm³/mol. The first-order valence-corrected chi connectivity index (χ1v) is 11.3. The van der Waals surface area contributed by atoms with Crippen LogP contribution in [-0.4, -0.2) is 65.5 Å². The molecule has 1 aromatic heterocycles. The van der Waals surface area contributed by atoms with Crippen LogP contribution in [0.2, 0.25) is 0 Å². The van der Waals surface area contributed by atoms with Crippen LogP contribution in [0.15, 0.2) is 28.7 Å². The van der Waals surface area contributed by atoms with Crippen molar-refractivity contribution in [2.45, 2.75) is 39.9 Å². The van der Waals surface area contributed by atoms with Crippen LogP contribution in [0.3, 0.4) is 0 Å². The van der Waals surface area contributed by atoms with Crippen LogP contribution < -0.4 is 9.64 Å². The summed E-state index contributed by atoms with van der Waals surface area (Å²) in [6.07, 6.45) is -0.267. The number of piperazine rings is 1. The first kappa shape index (κ1) is 23.9. The number of aromatic amines is 1. The fourth-order valence-electron chi connectivity index (χ4n) is 3.18. The van der Waals surface area contributed by atoms with E-state index in [1.165, 1.54) is 0 Å². The molecule has 0 aliphatic carbocycles. The number of anilines is 1. The number of nitrogens with zero attached hydrogens (tertiary/aromatic N) is 3. The summed E-state index contributed by atoms with van der Waals surface area (Å²) in [7, 11) is 0. The Morgan fingerprint density at radius 1 is 1.12 bits per heavy atom. The Balaban J connectivity index is 1.51. The lowest BCUT2D eigenvalue weighted by Crippen LogP contribution is -2.50. The molecule has 1 aliphatic rings. The molecule has 1 aromatic carbocycles. The van der Waals surface area contributed by atoms with Gasteiger partial charge in [0.25, 0.3) is 0 Å². The molecule has 0 unspecified atom stereocenters. The molecule has 1 aliphatic heterocycles. The van der Waals surface area contributed by atoms with Gasteiger partial charge in [0.15, 0.2) is 5.69 Å². The smallest absolute Gasteiger partial charge is 0.410 e. The van der Waals surface area contributed by atoms with Gasteiger partial charge < -0.3 is 24.0 Å². The first-order chi connectivity index (χ1) is 15.2. The van der Waals surface area contributed by atoms with Crippen molar-refractivity contribution in [1.29, 1.82) is 0 Å². The van der Waals surface area contributed by atoms with E-state index in [1.54, 1.807) is 11.8 Å². The van der Waals surface area contributed by atoms with Crippen molar-refractivity contribution in [1.82, 2.24) is 15.1 Å². The van der Waals surface area contributed by atoms with Crippen LogP contribution in [0.4, 0.5) is 10.5 Å². The average molecular weight is 509 g/mol. The molecule has 9 nitrogen and oxygen atoms in total. The van der Waals surface area contributed by atoms with Crippen LogP contribution in [0.25, 0.3) is 0 Å². The maximum absolute atomic E-state index is 12.2. The van der Waals surface area contributed by atoms with E-state index >= 15 is 0 Å². The van der Waals surface area contributed by atoms with E-state index in [0.717, 1.165) is 18.8 Å². The van der Waals surface area contributed by atoms with Crippen LogP contribution in [0, 0.1) is 0 Å². The largest absolute Gasteiger partial charge is 0.487 e. The number of rotatable bonds is 6. The zero-order valence-corrected chi connectivity index (χ0v) is 20.4. The SMILES string of the molecule is CCOC(=O)c1n[nH]c(COc2ccc(N3CCN(C(=O)OC(C)(C)C)CC3)cc2)c1Br. The topological polar surface area (TPSA) is 97.0 Å². The van der Waals surface area contributed by atoms with Crippen LogP contribution in [-0.2, 0) is 16.1 Å². The first-order valence-electron chi connectivity index (χ1n) is 10.5. The highest BCUT2D eigenvalue weighted by molar-refractivity contribution is 9.10. The van der Waals surface area contributed by atoms with E-state index in [9.17, 15) is 9.59 Å². The molecule has 1 saturated heterocycles. The number of hydrogen-bond donors (Lipinski definition) is 1. The van der Waals surface area contributed by atoms with E-state index < -0.39 is 11.6 Å². The van der Waals surface area contributed by atoms with E-state index in [-0.39, 0.29) is 25.0 Å². The van der Waals surface area contributed by atoms with Crippen molar-refractivity contribution in [2.24, 2.45) is 0 Å². The van der Waals surface area contributed by atoms with Crippen molar-refractivity contribution < 1.29 is 23.8 Å². The van der Waals surface area contributed by atoms with Crippen LogP contribution in [0.5, 0.6) is 5.75 Å². The molecular formula is C22H29BrN4O5. The molecule has 10 heteroatoms. The van der Waals surface area contributed by atoms with Gasteiger partial charge in [0.1, 0.15) is 18.0 Å². The summed E-state index contributed by atoms with van der Waals surface area (Å²) in [5.74, 6) is 0.207. The van der Waals surface area contributed by atoms with Gasteiger partial charge in [0.2, 0.25) is 0 Å². The van der Waals surface area contributed by atoms with Gasteiger partial charge in [-0.05, 0) is 67.9 Å². The van der Waals surface area contributed by atoms with Gasteiger partial charge in [-0.15, -0.1) is 0 Å². The molecule has 2 heterocycles. The summed E-state index contributed by atoms with van der Waals surface area (Å²) in [6.45, 7) is 10.6. The maximum atomic E-state index is 12.2. The number of hydrogen-bond acceptors (Lipinski definition) is 7. The summed E-state index contributed by atoms with van der Waals surface area (Å²) in [5, 5.41) is 6.79. The van der Waals surface area contributed by atoms with E-state index in [0.29, 0.717) is 29.0 Å². The molecule has 1 N–H and O–H groups in total. The zero-order valence-electron chi connectivity index (χ0n) is 18.8. The van der Waals surface area contributed by atoms with Crippen LogP contribution in [0.1, 0.15) is 43.9 Å². The average Bonchev–Trinajstić information content (AvgIpc) is 3.12. The number of benzene rings is 1. The molecular weight excluding hydrogens is 480 g/mol. The number of carbonyl (C=O) groups is 2. The molecule has 2 aromatic rings. The quantitative estimate of drug-likeness (QED) is 0.589. The number of amides is 1. The van der Waals surface area contributed by atoms with Gasteiger partial charge in [0, 0.05) is 31.9 Å². The number of aromatic nitrogens is 2.